The minimum absolute atomic E-state index is 0.338. The summed E-state index contributed by atoms with van der Waals surface area (Å²) < 4.78 is 1.92. The van der Waals surface area contributed by atoms with Crippen molar-refractivity contribution in [3.63, 3.8) is 0 Å². The Labute approximate surface area is 108 Å². The van der Waals surface area contributed by atoms with Crippen molar-refractivity contribution in [1.29, 1.82) is 0 Å². The van der Waals surface area contributed by atoms with Crippen molar-refractivity contribution < 1.29 is 0 Å². The summed E-state index contributed by atoms with van der Waals surface area (Å²) in [7, 11) is 1.99. The van der Waals surface area contributed by atoms with E-state index >= 15 is 0 Å². The van der Waals surface area contributed by atoms with Crippen molar-refractivity contribution in [2.75, 3.05) is 7.05 Å². The molecule has 2 rings (SSSR count). The van der Waals surface area contributed by atoms with Gasteiger partial charge in [0.2, 0.25) is 0 Å². The summed E-state index contributed by atoms with van der Waals surface area (Å²) in [6.45, 7) is 6.08. The molecule has 1 atom stereocenters. The lowest BCUT2D eigenvalue weighted by Crippen LogP contribution is -2.18. The summed E-state index contributed by atoms with van der Waals surface area (Å²) in [6, 6.07) is 8.69. The molecule has 2 aromatic rings. The number of nitrogens with one attached hydrogen (secondary N) is 1. The van der Waals surface area contributed by atoms with Crippen molar-refractivity contribution in [2.24, 2.45) is 0 Å². The Hall–Kier alpha value is -1.68. The molecular weight excluding hydrogens is 224 g/mol. The highest BCUT2D eigenvalue weighted by Crippen LogP contribution is 2.24. The third-order valence-corrected chi connectivity index (χ3v) is 3.17. The number of aryl methyl sites for hydroxylation is 2. The summed E-state index contributed by atoms with van der Waals surface area (Å²) in [6.07, 6.45) is 1.04. The molecule has 1 unspecified atom stereocenters. The van der Waals surface area contributed by atoms with Crippen molar-refractivity contribution in [3.8, 4) is 5.69 Å². The molecule has 4 nitrogen and oxygen atoms in total. The summed E-state index contributed by atoms with van der Waals surface area (Å²) in [5, 5.41) is 7.81. The zero-order valence-electron chi connectivity index (χ0n) is 11.4. The standard InChI is InChI=1S/C14H20N4/c1-5-13(15-4)12-8-6-7-9-14(12)18-11(3)16-10(2)17-18/h6-9,13,15H,5H2,1-4H3. The van der Waals surface area contributed by atoms with Crippen LogP contribution in [0.4, 0.5) is 0 Å². The van der Waals surface area contributed by atoms with Gasteiger partial charge < -0.3 is 5.32 Å². The van der Waals surface area contributed by atoms with E-state index in [4.69, 9.17) is 0 Å². The summed E-state index contributed by atoms with van der Waals surface area (Å²) >= 11 is 0. The fourth-order valence-electron chi connectivity index (χ4n) is 2.30. The van der Waals surface area contributed by atoms with E-state index in [0.29, 0.717) is 6.04 Å². The van der Waals surface area contributed by atoms with Crippen LogP contribution in [0.1, 0.15) is 36.6 Å². The van der Waals surface area contributed by atoms with Crippen LogP contribution >= 0.6 is 0 Å². The van der Waals surface area contributed by atoms with Crippen molar-refractivity contribution in [1.82, 2.24) is 20.1 Å². The quantitative estimate of drug-likeness (QED) is 0.898. The molecule has 0 spiro atoms. The first kappa shape index (κ1) is 12.8. The number of benzene rings is 1. The predicted octanol–water partition coefficient (Wildman–Crippen LogP) is 2.55. The summed E-state index contributed by atoms with van der Waals surface area (Å²) in [5.74, 6) is 1.73. The van der Waals surface area contributed by atoms with E-state index in [1.807, 2.05) is 31.6 Å². The average molecular weight is 244 g/mol. The van der Waals surface area contributed by atoms with Crippen LogP contribution in [0.5, 0.6) is 0 Å². The molecule has 96 valence electrons. The molecule has 0 aliphatic carbocycles. The van der Waals surface area contributed by atoms with Gasteiger partial charge in [-0.05, 0) is 38.9 Å². The molecule has 4 heteroatoms. The lowest BCUT2D eigenvalue weighted by molar-refractivity contribution is 0.571. The van der Waals surface area contributed by atoms with Crippen LogP contribution in [0.25, 0.3) is 5.69 Å². The van der Waals surface area contributed by atoms with Crippen molar-refractivity contribution in [3.05, 3.63) is 41.5 Å². The van der Waals surface area contributed by atoms with Gasteiger partial charge in [-0.2, -0.15) is 5.10 Å². The number of nitrogens with zero attached hydrogens (tertiary/aromatic N) is 3. The molecule has 0 amide bonds. The second-order valence-electron chi connectivity index (χ2n) is 4.43. The normalized spacial score (nSPS) is 12.7. The molecule has 0 fully saturated rings. The number of hydrogen-bond acceptors (Lipinski definition) is 3. The minimum Gasteiger partial charge on any atom is -0.313 e. The van der Waals surface area contributed by atoms with E-state index in [1.165, 1.54) is 5.56 Å². The third-order valence-electron chi connectivity index (χ3n) is 3.17. The van der Waals surface area contributed by atoms with Crippen LogP contribution in [0.3, 0.4) is 0 Å². The number of rotatable bonds is 4. The SMILES string of the molecule is CCC(NC)c1ccccc1-n1nc(C)nc1C. The van der Waals surface area contributed by atoms with Gasteiger partial charge in [0.1, 0.15) is 11.6 Å². The maximum absolute atomic E-state index is 4.47. The summed E-state index contributed by atoms with van der Waals surface area (Å²) in [5.41, 5.74) is 2.37. The maximum atomic E-state index is 4.47. The lowest BCUT2D eigenvalue weighted by atomic mass is 10.0. The molecule has 1 aromatic heterocycles. The van der Waals surface area contributed by atoms with Gasteiger partial charge in [0.05, 0.1) is 5.69 Å². The van der Waals surface area contributed by atoms with Gasteiger partial charge in [-0.3, -0.25) is 0 Å². The molecule has 0 aliphatic heterocycles. The van der Waals surface area contributed by atoms with Gasteiger partial charge in [0.15, 0.2) is 0 Å². The van der Waals surface area contributed by atoms with Crippen LogP contribution in [0, 0.1) is 13.8 Å². The van der Waals surface area contributed by atoms with Gasteiger partial charge in [-0.15, -0.1) is 0 Å². The first-order chi connectivity index (χ1) is 8.67. The molecule has 0 bridgehead atoms. The molecule has 1 N–H and O–H groups in total. The van der Waals surface area contributed by atoms with Crippen LogP contribution in [-0.2, 0) is 0 Å². The Morgan fingerprint density at radius 2 is 2.00 bits per heavy atom. The fraction of sp³-hybridized carbons (Fsp3) is 0.429. The van der Waals surface area contributed by atoms with E-state index in [0.717, 1.165) is 23.8 Å². The van der Waals surface area contributed by atoms with Crippen LogP contribution in [0.2, 0.25) is 0 Å². The average Bonchev–Trinajstić information content (AvgIpc) is 2.71. The topological polar surface area (TPSA) is 42.7 Å². The second-order valence-corrected chi connectivity index (χ2v) is 4.43. The fourth-order valence-corrected chi connectivity index (χ4v) is 2.30. The van der Waals surface area contributed by atoms with Gasteiger partial charge in [-0.1, -0.05) is 25.1 Å². The van der Waals surface area contributed by atoms with Gasteiger partial charge >= 0.3 is 0 Å². The number of hydrogen-bond donors (Lipinski definition) is 1. The Morgan fingerprint density at radius 1 is 1.28 bits per heavy atom. The second kappa shape index (κ2) is 5.31. The molecule has 1 aromatic carbocycles. The lowest BCUT2D eigenvalue weighted by Gasteiger charge is -2.18. The number of para-hydroxylation sites is 1. The van der Waals surface area contributed by atoms with Crippen LogP contribution < -0.4 is 5.32 Å². The zero-order valence-corrected chi connectivity index (χ0v) is 11.4. The molecule has 0 aliphatic rings. The zero-order chi connectivity index (χ0) is 13.1. The van der Waals surface area contributed by atoms with Gasteiger partial charge in [-0.25, -0.2) is 9.67 Å². The first-order valence-electron chi connectivity index (χ1n) is 6.34. The first-order valence-corrected chi connectivity index (χ1v) is 6.34. The van der Waals surface area contributed by atoms with E-state index in [9.17, 15) is 0 Å². The van der Waals surface area contributed by atoms with Gasteiger partial charge in [0.25, 0.3) is 0 Å². The highest BCUT2D eigenvalue weighted by atomic mass is 15.3. The van der Waals surface area contributed by atoms with Crippen LogP contribution in [-0.4, -0.2) is 21.8 Å². The van der Waals surface area contributed by atoms with E-state index in [2.05, 4.69) is 40.5 Å². The number of aromatic nitrogens is 3. The largest absolute Gasteiger partial charge is 0.313 e. The molecular formula is C14H20N4. The molecule has 1 heterocycles. The Balaban J connectivity index is 2.54. The predicted molar refractivity (Wildman–Crippen MR) is 72.9 cm³/mol. The highest BCUT2D eigenvalue weighted by molar-refractivity contribution is 5.42. The molecule has 18 heavy (non-hydrogen) atoms. The Kier molecular flexibility index (Phi) is 3.77. The minimum atomic E-state index is 0.338. The maximum Gasteiger partial charge on any atom is 0.148 e. The van der Waals surface area contributed by atoms with E-state index < -0.39 is 0 Å². The summed E-state index contributed by atoms with van der Waals surface area (Å²) in [4.78, 5) is 4.37. The van der Waals surface area contributed by atoms with Gasteiger partial charge in [0, 0.05) is 6.04 Å². The Morgan fingerprint density at radius 3 is 2.56 bits per heavy atom. The molecule has 0 radical (unpaired) electrons. The van der Waals surface area contributed by atoms with E-state index in [-0.39, 0.29) is 0 Å². The van der Waals surface area contributed by atoms with Crippen molar-refractivity contribution >= 4 is 0 Å². The molecule has 0 saturated heterocycles. The monoisotopic (exact) mass is 244 g/mol. The Bertz CT molecular complexity index is 526. The van der Waals surface area contributed by atoms with Crippen LogP contribution in [0.15, 0.2) is 24.3 Å². The molecule has 0 saturated carbocycles. The smallest absolute Gasteiger partial charge is 0.148 e. The van der Waals surface area contributed by atoms with Crippen molar-refractivity contribution in [2.45, 2.75) is 33.2 Å². The third kappa shape index (κ3) is 2.29. The van der Waals surface area contributed by atoms with E-state index in [1.54, 1.807) is 0 Å². The highest BCUT2D eigenvalue weighted by Gasteiger charge is 2.14.